The number of aliphatic hydroxyl groups excluding tert-OH is 3. The number of amides is 1. The van der Waals surface area contributed by atoms with Crippen LogP contribution in [0.5, 0.6) is 5.75 Å². The van der Waals surface area contributed by atoms with Gasteiger partial charge in [0, 0.05) is 42.1 Å². The van der Waals surface area contributed by atoms with E-state index < -0.39 is 77.3 Å². The number of hydrogen-bond donors (Lipinski definition) is 7. The van der Waals surface area contributed by atoms with Crippen LogP contribution in [0.1, 0.15) is 61.5 Å². The number of nitrogens with zero attached hydrogens (tertiary/aromatic N) is 1. The number of carbonyl (C=O) groups excluding carboxylic acids is 3. The van der Waals surface area contributed by atoms with Gasteiger partial charge in [-0.1, -0.05) is 39.8 Å². The Morgan fingerprint density at radius 1 is 1.21 bits per heavy atom. The fourth-order valence-electron chi connectivity index (χ4n) is 5.99. The minimum Gasteiger partial charge on any atom is -0.508 e. The molecule has 1 amide bonds. The van der Waals surface area contributed by atoms with Crippen LogP contribution in [0.15, 0.2) is 23.5 Å². The number of hydrogen-bond acceptors (Lipinski definition) is 10. The number of nitrogens with one attached hydrogen (secondary N) is 1. The summed E-state index contributed by atoms with van der Waals surface area (Å²) in [6, 6.07) is 2.34. The summed E-state index contributed by atoms with van der Waals surface area (Å²) in [4.78, 5) is 40.2. The number of fused-ring (bicyclic) bond motifs is 2. The Kier molecular flexibility index (Phi) is 8.64. The van der Waals surface area contributed by atoms with Crippen LogP contribution in [0, 0.1) is 17.3 Å². The molecule has 0 heterocycles. The molecule has 1 aromatic carbocycles. The van der Waals surface area contributed by atoms with E-state index in [9.17, 15) is 39.9 Å². The second-order valence-corrected chi connectivity index (χ2v) is 12.2. The van der Waals surface area contributed by atoms with Crippen molar-refractivity contribution in [3.8, 4) is 5.75 Å². The summed E-state index contributed by atoms with van der Waals surface area (Å²) in [7, 11) is 3.11. The molecule has 11 heteroatoms. The Morgan fingerprint density at radius 3 is 2.33 bits per heavy atom. The van der Waals surface area contributed by atoms with Crippen molar-refractivity contribution in [1.82, 2.24) is 10.2 Å². The van der Waals surface area contributed by atoms with Crippen LogP contribution in [-0.2, 0) is 16.1 Å². The van der Waals surface area contributed by atoms with Crippen molar-refractivity contribution >= 4 is 17.5 Å². The van der Waals surface area contributed by atoms with Gasteiger partial charge in [0.15, 0.2) is 17.2 Å². The molecule has 0 aliphatic heterocycles. The van der Waals surface area contributed by atoms with E-state index in [1.165, 1.54) is 4.90 Å². The number of carbonyl (C=O) groups is 3. The summed E-state index contributed by atoms with van der Waals surface area (Å²) >= 11 is 0. The molecule has 0 spiro atoms. The van der Waals surface area contributed by atoms with Crippen LogP contribution >= 0.6 is 0 Å². The summed E-state index contributed by atoms with van der Waals surface area (Å²) < 4.78 is 0. The molecule has 11 nitrogen and oxygen atoms in total. The van der Waals surface area contributed by atoms with Crippen LogP contribution in [0.4, 0.5) is 0 Å². The van der Waals surface area contributed by atoms with Crippen molar-refractivity contribution in [2.24, 2.45) is 23.0 Å². The predicted octanol–water partition coefficient (Wildman–Crippen LogP) is 0.345. The third-order valence-corrected chi connectivity index (χ3v) is 7.96. The minimum atomic E-state index is -2.90. The van der Waals surface area contributed by atoms with Gasteiger partial charge >= 0.3 is 0 Å². The maximum absolute atomic E-state index is 13.9. The third-order valence-electron chi connectivity index (χ3n) is 7.96. The van der Waals surface area contributed by atoms with E-state index in [1.54, 1.807) is 33.2 Å². The Bertz CT molecular complexity index is 1190. The van der Waals surface area contributed by atoms with Crippen LogP contribution in [-0.4, -0.2) is 92.9 Å². The first-order valence-electron chi connectivity index (χ1n) is 13.0. The van der Waals surface area contributed by atoms with E-state index in [4.69, 9.17) is 5.73 Å². The zero-order valence-electron chi connectivity index (χ0n) is 23.4. The van der Waals surface area contributed by atoms with Gasteiger partial charge in [0.05, 0.1) is 24.7 Å². The SMILES string of the molecule is C[C@H]1c2ccc(CNCC(C)(C)C)c(O)c2C(=O)C2=C(O)[C@](O)(C(=O)CC(N)=O)[C@H]([C@@H](CO)N(C)C)[C@@H](O)[C@@H]21. The highest BCUT2D eigenvalue weighted by molar-refractivity contribution is 6.15. The molecule has 216 valence electrons. The summed E-state index contributed by atoms with van der Waals surface area (Å²) in [6.07, 6.45) is -2.57. The lowest BCUT2D eigenvalue weighted by Crippen LogP contribution is -2.66. The third kappa shape index (κ3) is 5.33. The van der Waals surface area contributed by atoms with Crippen molar-refractivity contribution in [1.29, 1.82) is 0 Å². The molecule has 2 aliphatic rings. The Hall–Kier alpha value is -2.83. The van der Waals surface area contributed by atoms with E-state index in [0.717, 1.165) is 0 Å². The number of primary amides is 1. The lowest BCUT2D eigenvalue weighted by Gasteiger charge is -2.51. The first-order chi connectivity index (χ1) is 18.0. The van der Waals surface area contributed by atoms with E-state index in [0.29, 0.717) is 17.7 Å². The van der Waals surface area contributed by atoms with Gasteiger partial charge in [-0.25, -0.2) is 0 Å². The second kappa shape index (κ2) is 11.0. The van der Waals surface area contributed by atoms with Gasteiger partial charge in [-0.3, -0.25) is 14.4 Å². The lowest BCUT2D eigenvalue weighted by molar-refractivity contribution is -0.164. The molecule has 0 fully saturated rings. The lowest BCUT2D eigenvalue weighted by atomic mass is 9.57. The van der Waals surface area contributed by atoms with Crippen molar-refractivity contribution in [2.45, 2.75) is 64.3 Å². The minimum absolute atomic E-state index is 0.0202. The van der Waals surface area contributed by atoms with Gasteiger partial charge in [0.1, 0.15) is 11.5 Å². The highest BCUT2D eigenvalue weighted by atomic mass is 16.4. The average Bonchev–Trinajstić information content (AvgIpc) is 2.81. The number of likely N-dealkylation sites (N-methyl/N-ethyl adjacent to an activating group) is 1. The standard InChI is InChI=1S/C28H41N3O8/c1-13-15-8-7-14(10-30-12-27(2,3)4)23(35)20(15)24(36)21-19(13)25(37)22(16(11-32)31(5)6)28(39,26(21)38)17(33)9-18(29)34/h7-8,13,16,19,22,25,30,32,35,37-39H,9-12H2,1-6H3,(H2,29,34)/t13-,16+,19+,22+,25-,28-/m0/s1. The number of ketones is 2. The van der Waals surface area contributed by atoms with Crippen molar-refractivity contribution < 1.29 is 39.9 Å². The molecule has 8 N–H and O–H groups in total. The molecule has 6 atom stereocenters. The predicted molar refractivity (Wildman–Crippen MR) is 143 cm³/mol. The molecule has 0 saturated heterocycles. The van der Waals surface area contributed by atoms with Crippen LogP contribution in [0.2, 0.25) is 0 Å². The van der Waals surface area contributed by atoms with E-state index in [1.807, 2.05) is 20.8 Å². The number of aliphatic hydroxyl groups is 4. The van der Waals surface area contributed by atoms with Gasteiger partial charge < -0.3 is 41.5 Å². The molecular weight excluding hydrogens is 506 g/mol. The second-order valence-electron chi connectivity index (χ2n) is 12.2. The summed E-state index contributed by atoms with van der Waals surface area (Å²) in [6.45, 7) is 8.15. The highest BCUT2D eigenvalue weighted by Gasteiger charge is 2.63. The maximum atomic E-state index is 13.9. The van der Waals surface area contributed by atoms with Crippen molar-refractivity contribution in [3.63, 3.8) is 0 Å². The first-order valence-corrected chi connectivity index (χ1v) is 13.0. The van der Waals surface area contributed by atoms with Gasteiger partial charge in [-0.05, 0) is 31.0 Å². The van der Waals surface area contributed by atoms with Crippen LogP contribution in [0.25, 0.3) is 0 Å². The van der Waals surface area contributed by atoms with Crippen LogP contribution in [0.3, 0.4) is 0 Å². The quantitative estimate of drug-likeness (QED) is 0.212. The average molecular weight is 548 g/mol. The zero-order valence-corrected chi connectivity index (χ0v) is 23.4. The molecule has 0 bridgehead atoms. The summed E-state index contributed by atoms with van der Waals surface area (Å²) in [5, 5.41) is 59.4. The Balaban J connectivity index is 2.22. The number of benzene rings is 1. The zero-order chi connectivity index (χ0) is 29.6. The number of aromatic hydroxyl groups is 1. The molecule has 0 radical (unpaired) electrons. The van der Waals surface area contributed by atoms with Crippen LogP contribution < -0.4 is 11.1 Å². The number of nitrogens with two attached hydrogens (primary N) is 1. The fourth-order valence-corrected chi connectivity index (χ4v) is 5.99. The smallest absolute Gasteiger partial charge is 0.225 e. The number of Topliss-reactive ketones (excluding diaryl/α,β-unsaturated/α-hetero) is 2. The Labute approximate surface area is 228 Å². The highest BCUT2D eigenvalue weighted by Crippen LogP contribution is 2.53. The monoisotopic (exact) mass is 547 g/mol. The van der Waals surface area contributed by atoms with E-state index in [2.05, 4.69) is 5.32 Å². The topological polar surface area (TPSA) is 194 Å². The number of rotatable bonds is 9. The normalized spacial score (nSPS) is 27.8. The fraction of sp³-hybridized carbons (Fsp3) is 0.607. The summed E-state index contributed by atoms with van der Waals surface area (Å²) in [5.41, 5.74) is 2.67. The van der Waals surface area contributed by atoms with E-state index in [-0.39, 0.29) is 23.3 Å². The van der Waals surface area contributed by atoms with Gasteiger partial charge in [-0.15, -0.1) is 0 Å². The molecule has 3 rings (SSSR count). The number of phenolic OH excluding ortho intramolecular Hbond substituents is 1. The number of phenols is 1. The van der Waals surface area contributed by atoms with Gasteiger partial charge in [-0.2, -0.15) is 0 Å². The van der Waals surface area contributed by atoms with Gasteiger partial charge in [0.25, 0.3) is 0 Å². The summed E-state index contributed by atoms with van der Waals surface area (Å²) in [5.74, 6) is -7.65. The van der Waals surface area contributed by atoms with E-state index >= 15 is 0 Å². The largest absolute Gasteiger partial charge is 0.508 e. The molecule has 1 aromatic rings. The molecule has 0 unspecified atom stereocenters. The molecule has 0 aromatic heterocycles. The van der Waals surface area contributed by atoms with Crippen molar-refractivity contribution in [3.05, 3.63) is 40.2 Å². The van der Waals surface area contributed by atoms with Crippen molar-refractivity contribution in [2.75, 3.05) is 27.2 Å². The Morgan fingerprint density at radius 2 is 1.82 bits per heavy atom. The van der Waals surface area contributed by atoms with Gasteiger partial charge in [0.2, 0.25) is 5.91 Å². The molecule has 39 heavy (non-hydrogen) atoms. The molecule has 2 aliphatic carbocycles. The molecule has 0 saturated carbocycles. The maximum Gasteiger partial charge on any atom is 0.225 e. The molecular formula is C28H41N3O8. The first kappa shape index (κ1) is 30.7.